The minimum Gasteiger partial charge on any atom is -0.497 e. The van der Waals surface area contributed by atoms with E-state index in [4.69, 9.17) is 32.7 Å². The number of hydrogen-bond donors (Lipinski definition) is 0. The first kappa shape index (κ1) is 14.9. The Morgan fingerprint density at radius 1 is 1.11 bits per heavy atom. The number of benzene rings is 1. The molecule has 0 atom stereocenters. The largest absolute Gasteiger partial charge is 0.497 e. The predicted octanol–water partition coefficient (Wildman–Crippen LogP) is 2.97. The summed E-state index contributed by atoms with van der Waals surface area (Å²) in [4.78, 5) is 13.3. The normalized spacial score (nSPS) is 9.94. The fraction of sp³-hybridized carbons (Fsp3) is 0.417. The molecule has 1 aromatic carbocycles. The number of alkyl halides is 2. The van der Waals surface area contributed by atoms with Gasteiger partial charge in [0.1, 0.15) is 11.5 Å². The van der Waals surface area contributed by atoms with E-state index in [0.717, 1.165) is 0 Å². The van der Waals surface area contributed by atoms with Crippen molar-refractivity contribution in [3.05, 3.63) is 24.3 Å². The van der Waals surface area contributed by atoms with Crippen LogP contribution in [0.3, 0.4) is 0 Å². The second kappa shape index (κ2) is 8.06. The van der Waals surface area contributed by atoms with Crippen molar-refractivity contribution < 1.29 is 14.3 Å². The Kier molecular flexibility index (Phi) is 6.68. The van der Waals surface area contributed by atoms with Gasteiger partial charge < -0.3 is 14.4 Å². The molecular formula is C12H15Cl2NO3. The van der Waals surface area contributed by atoms with Gasteiger partial charge in [-0.25, -0.2) is 4.79 Å². The van der Waals surface area contributed by atoms with E-state index in [1.165, 1.54) is 4.90 Å². The van der Waals surface area contributed by atoms with E-state index in [1.54, 1.807) is 31.4 Å². The lowest BCUT2D eigenvalue weighted by Gasteiger charge is -2.19. The summed E-state index contributed by atoms with van der Waals surface area (Å²) in [5, 5.41) is 0. The summed E-state index contributed by atoms with van der Waals surface area (Å²) in [7, 11) is 1.57. The third-order valence-electron chi connectivity index (χ3n) is 2.23. The predicted molar refractivity (Wildman–Crippen MR) is 72.0 cm³/mol. The zero-order chi connectivity index (χ0) is 13.4. The van der Waals surface area contributed by atoms with Crippen LogP contribution in [0.5, 0.6) is 11.5 Å². The van der Waals surface area contributed by atoms with Crippen molar-refractivity contribution in [2.45, 2.75) is 0 Å². The van der Waals surface area contributed by atoms with Crippen LogP contribution in [0.1, 0.15) is 0 Å². The topological polar surface area (TPSA) is 38.8 Å². The average Bonchev–Trinajstić information content (AvgIpc) is 2.39. The maximum absolute atomic E-state index is 11.8. The van der Waals surface area contributed by atoms with E-state index < -0.39 is 6.09 Å². The summed E-state index contributed by atoms with van der Waals surface area (Å²) in [6.07, 6.45) is -0.457. The molecule has 0 fully saturated rings. The molecule has 0 saturated carbocycles. The molecule has 1 amide bonds. The molecule has 0 heterocycles. The SMILES string of the molecule is COc1ccc(OC(=O)N(CCCl)CCCl)cc1. The highest BCUT2D eigenvalue weighted by Gasteiger charge is 2.14. The van der Waals surface area contributed by atoms with Crippen LogP contribution in [0.4, 0.5) is 4.79 Å². The maximum Gasteiger partial charge on any atom is 0.415 e. The maximum atomic E-state index is 11.8. The molecule has 1 rings (SSSR count). The van der Waals surface area contributed by atoms with E-state index >= 15 is 0 Å². The van der Waals surface area contributed by atoms with Gasteiger partial charge >= 0.3 is 6.09 Å². The number of nitrogens with zero attached hydrogens (tertiary/aromatic N) is 1. The number of amides is 1. The molecule has 0 aliphatic rings. The van der Waals surface area contributed by atoms with Crippen LogP contribution in [0.25, 0.3) is 0 Å². The minimum atomic E-state index is -0.457. The Morgan fingerprint density at radius 3 is 2.06 bits per heavy atom. The molecule has 0 aromatic heterocycles. The summed E-state index contributed by atoms with van der Waals surface area (Å²) >= 11 is 11.2. The Hall–Kier alpha value is -1.13. The molecule has 100 valence electrons. The minimum absolute atomic E-state index is 0.342. The van der Waals surface area contributed by atoms with Gasteiger partial charge in [-0.05, 0) is 24.3 Å². The Bertz CT molecular complexity index is 364. The van der Waals surface area contributed by atoms with Gasteiger partial charge in [-0.2, -0.15) is 0 Å². The summed E-state index contributed by atoms with van der Waals surface area (Å²) < 4.78 is 10.2. The van der Waals surface area contributed by atoms with Gasteiger partial charge in [0.25, 0.3) is 0 Å². The standard InChI is InChI=1S/C12H15Cl2NO3/c1-17-10-2-4-11(5-3-10)18-12(16)15(8-6-13)9-7-14/h2-5H,6-9H2,1H3. The van der Waals surface area contributed by atoms with Crippen LogP contribution in [-0.4, -0.2) is 43.0 Å². The van der Waals surface area contributed by atoms with E-state index in [2.05, 4.69) is 0 Å². The second-order valence-corrected chi connectivity index (χ2v) is 4.16. The van der Waals surface area contributed by atoms with Gasteiger partial charge in [-0.1, -0.05) is 0 Å². The smallest absolute Gasteiger partial charge is 0.415 e. The van der Waals surface area contributed by atoms with E-state index in [0.29, 0.717) is 36.3 Å². The van der Waals surface area contributed by atoms with Crippen LogP contribution in [0.15, 0.2) is 24.3 Å². The van der Waals surface area contributed by atoms with Gasteiger partial charge in [0.15, 0.2) is 0 Å². The molecule has 0 unspecified atom stereocenters. The number of methoxy groups -OCH3 is 1. The molecule has 4 nitrogen and oxygen atoms in total. The molecule has 0 saturated heterocycles. The quantitative estimate of drug-likeness (QED) is 0.757. The molecule has 0 aliphatic carbocycles. The number of ether oxygens (including phenoxy) is 2. The number of carbonyl (C=O) groups excluding carboxylic acids is 1. The van der Waals surface area contributed by atoms with Crippen LogP contribution >= 0.6 is 23.2 Å². The fourth-order valence-corrected chi connectivity index (χ4v) is 1.72. The number of rotatable bonds is 6. The molecule has 1 aromatic rings. The summed E-state index contributed by atoms with van der Waals surface area (Å²) in [6.45, 7) is 0.812. The molecular weight excluding hydrogens is 277 g/mol. The first-order chi connectivity index (χ1) is 8.71. The van der Waals surface area contributed by atoms with Crippen molar-refractivity contribution in [2.75, 3.05) is 32.0 Å². The first-order valence-electron chi connectivity index (χ1n) is 5.44. The summed E-state index contributed by atoms with van der Waals surface area (Å²) in [5.74, 6) is 1.84. The van der Waals surface area contributed by atoms with E-state index in [-0.39, 0.29) is 0 Å². The molecule has 0 spiro atoms. The van der Waals surface area contributed by atoms with Crippen molar-refractivity contribution in [3.8, 4) is 11.5 Å². The second-order valence-electron chi connectivity index (χ2n) is 3.41. The van der Waals surface area contributed by atoms with Gasteiger partial charge in [0.2, 0.25) is 0 Å². The zero-order valence-electron chi connectivity index (χ0n) is 10.1. The van der Waals surface area contributed by atoms with Crippen molar-refractivity contribution in [3.63, 3.8) is 0 Å². The van der Waals surface area contributed by atoms with Crippen molar-refractivity contribution in [1.29, 1.82) is 0 Å². The highest BCUT2D eigenvalue weighted by molar-refractivity contribution is 6.18. The van der Waals surface area contributed by atoms with Gasteiger partial charge in [0, 0.05) is 24.8 Å². The molecule has 0 N–H and O–H groups in total. The molecule has 6 heteroatoms. The monoisotopic (exact) mass is 291 g/mol. The number of hydrogen-bond acceptors (Lipinski definition) is 3. The van der Waals surface area contributed by atoms with Gasteiger partial charge in [-0.15, -0.1) is 23.2 Å². The van der Waals surface area contributed by atoms with Gasteiger partial charge in [0.05, 0.1) is 7.11 Å². The first-order valence-corrected chi connectivity index (χ1v) is 6.51. The van der Waals surface area contributed by atoms with E-state index in [9.17, 15) is 4.79 Å². The molecule has 18 heavy (non-hydrogen) atoms. The van der Waals surface area contributed by atoms with Crippen molar-refractivity contribution >= 4 is 29.3 Å². The molecule has 0 aliphatic heterocycles. The van der Waals surface area contributed by atoms with Crippen LogP contribution in [0.2, 0.25) is 0 Å². The lowest BCUT2D eigenvalue weighted by molar-refractivity contribution is 0.158. The lowest BCUT2D eigenvalue weighted by atomic mass is 10.3. The Balaban J connectivity index is 2.60. The number of halogens is 2. The Morgan fingerprint density at radius 2 is 1.61 bits per heavy atom. The highest BCUT2D eigenvalue weighted by Crippen LogP contribution is 2.17. The fourth-order valence-electron chi connectivity index (χ4n) is 1.31. The van der Waals surface area contributed by atoms with Crippen LogP contribution in [0, 0.1) is 0 Å². The van der Waals surface area contributed by atoms with Gasteiger partial charge in [-0.3, -0.25) is 0 Å². The van der Waals surface area contributed by atoms with Crippen LogP contribution < -0.4 is 9.47 Å². The van der Waals surface area contributed by atoms with Crippen molar-refractivity contribution in [2.24, 2.45) is 0 Å². The average molecular weight is 292 g/mol. The summed E-state index contributed by atoms with van der Waals surface area (Å²) in [6, 6.07) is 6.76. The zero-order valence-corrected chi connectivity index (χ0v) is 11.6. The van der Waals surface area contributed by atoms with Crippen molar-refractivity contribution in [1.82, 2.24) is 4.90 Å². The number of carbonyl (C=O) groups is 1. The molecule has 0 bridgehead atoms. The van der Waals surface area contributed by atoms with Crippen LogP contribution in [-0.2, 0) is 0 Å². The molecule has 0 radical (unpaired) electrons. The highest BCUT2D eigenvalue weighted by atomic mass is 35.5. The lowest BCUT2D eigenvalue weighted by Crippen LogP contribution is -2.36. The van der Waals surface area contributed by atoms with E-state index in [1.807, 2.05) is 0 Å². The Labute approximate surface area is 116 Å². The summed E-state index contributed by atoms with van der Waals surface area (Å²) in [5.41, 5.74) is 0. The third-order valence-corrected chi connectivity index (χ3v) is 2.57. The third kappa shape index (κ3) is 4.63.